The van der Waals surface area contributed by atoms with Crippen LogP contribution in [0, 0.1) is 0 Å². The second-order valence-corrected chi connectivity index (χ2v) is 7.23. The Bertz CT molecular complexity index is 487. The van der Waals surface area contributed by atoms with Gasteiger partial charge in [-0.3, -0.25) is 4.79 Å². The third-order valence-corrected chi connectivity index (χ3v) is 4.20. The Hall–Kier alpha value is -1.33. The number of carbonyl (C=O) groups excluding carboxylic acids is 1. The van der Waals surface area contributed by atoms with Crippen LogP contribution in [-0.2, 0) is 18.6 Å². The first-order chi connectivity index (χ1) is 13.6. The first-order valence-electron chi connectivity index (χ1n) is 10.1. The number of esters is 1. The van der Waals surface area contributed by atoms with E-state index in [0.717, 1.165) is 32.1 Å². The number of ether oxygens (including phenoxy) is 1. The van der Waals surface area contributed by atoms with Crippen molar-refractivity contribution in [1.29, 1.82) is 0 Å². The molecule has 0 bridgehead atoms. The van der Waals surface area contributed by atoms with E-state index in [1.54, 1.807) is 0 Å². The Morgan fingerprint density at radius 1 is 0.929 bits per heavy atom. The second kappa shape index (κ2) is 20.4. The fraction of sp³-hybridized carbons (Fsp3) is 0.667. The molecule has 0 aliphatic rings. The summed E-state index contributed by atoms with van der Waals surface area (Å²) in [6.07, 6.45) is 21.7. The topological polar surface area (TPSA) is 93.1 Å². The number of hydrogen-bond acceptors (Lipinski definition) is 5. The van der Waals surface area contributed by atoms with Gasteiger partial charge in [0.05, 0.1) is 0 Å². The lowest BCUT2D eigenvalue weighted by molar-refractivity contribution is -0.147. The summed E-state index contributed by atoms with van der Waals surface area (Å²) in [5, 5.41) is 9.39. The van der Waals surface area contributed by atoms with Crippen LogP contribution in [0.5, 0.6) is 0 Å². The van der Waals surface area contributed by atoms with Gasteiger partial charge in [0.15, 0.2) is 0 Å². The molecule has 160 valence electrons. The number of aliphatic hydroxyl groups excluding tert-OH is 1. The summed E-state index contributed by atoms with van der Waals surface area (Å²) in [7, 11) is -2.75. The van der Waals surface area contributed by atoms with E-state index in [-0.39, 0.29) is 19.2 Å². The van der Waals surface area contributed by atoms with Gasteiger partial charge < -0.3 is 9.84 Å². The van der Waals surface area contributed by atoms with Gasteiger partial charge in [-0.05, 0) is 44.9 Å². The predicted octanol–water partition coefficient (Wildman–Crippen LogP) is 5.15. The summed E-state index contributed by atoms with van der Waals surface area (Å²) < 4.78 is 19.5. The molecule has 0 aliphatic carbocycles. The number of rotatable bonds is 18. The minimum atomic E-state index is -2.75. The van der Waals surface area contributed by atoms with Crippen LogP contribution in [0.25, 0.3) is 0 Å². The van der Waals surface area contributed by atoms with Crippen LogP contribution < -0.4 is 0 Å². The smallest absolute Gasteiger partial charge is 0.463 e. The minimum absolute atomic E-state index is 0.234. The van der Waals surface area contributed by atoms with Crippen molar-refractivity contribution in [2.24, 2.45) is 0 Å². The van der Waals surface area contributed by atoms with E-state index in [1.165, 1.54) is 25.7 Å². The molecule has 28 heavy (non-hydrogen) atoms. The predicted molar refractivity (Wildman–Crippen MR) is 112 cm³/mol. The van der Waals surface area contributed by atoms with Gasteiger partial charge in [-0.2, -0.15) is 0 Å². The van der Waals surface area contributed by atoms with E-state index in [9.17, 15) is 14.5 Å². The van der Waals surface area contributed by atoms with Crippen LogP contribution in [0.1, 0.15) is 71.1 Å². The Morgan fingerprint density at radius 3 is 2.07 bits per heavy atom. The highest BCUT2D eigenvalue weighted by Gasteiger charge is 2.17. The molecule has 0 radical (unpaired) electrons. The Labute approximate surface area is 170 Å². The van der Waals surface area contributed by atoms with Gasteiger partial charge in [-0.15, -0.1) is 9.42 Å². The van der Waals surface area contributed by atoms with E-state index in [2.05, 4.69) is 47.9 Å². The molecule has 0 rings (SSSR count). The maximum absolute atomic E-state index is 11.5. The third kappa shape index (κ3) is 21.0. The molecule has 0 aromatic rings. The van der Waals surface area contributed by atoms with E-state index in [4.69, 9.17) is 9.63 Å². The van der Waals surface area contributed by atoms with E-state index >= 15 is 0 Å². The van der Waals surface area contributed by atoms with E-state index in [1.807, 2.05) is 0 Å². The Morgan fingerprint density at radius 2 is 1.50 bits per heavy atom. The van der Waals surface area contributed by atoms with Crippen molar-refractivity contribution in [3.63, 3.8) is 0 Å². The standard InChI is InChI=1S/C21H35O6P/c1-2-3-4-5-6-7-8-9-10-11-12-13-14-15-16-17-21(23)26-18-20(22)19-27-28(24)25/h6-7,9-10,12-13,20,22H,2-5,8,11,14-19H2,1H3/p+1. The first-order valence-corrected chi connectivity index (χ1v) is 11.3. The van der Waals surface area contributed by atoms with E-state index in [0.29, 0.717) is 6.42 Å². The maximum Gasteiger partial charge on any atom is 0.694 e. The molecule has 2 unspecified atom stereocenters. The first kappa shape index (κ1) is 26.7. The number of allylic oxidation sites excluding steroid dienone is 6. The van der Waals surface area contributed by atoms with Crippen LogP contribution in [-0.4, -0.2) is 35.3 Å². The molecule has 0 saturated heterocycles. The Kier molecular flexibility index (Phi) is 19.4. The quantitative estimate of drug-likeness (QED) is 0.139. The number of unbranched alkanes of at least 4 members (excludes halogenated alkanes) is 5. The van der Waals surface area contributed by atoms with Crippen molar-refractivity contribution < 1.29 is 28.6 Å². The molecule has 0 saturated carbocycles. The molecule has 0 aliphatic heterocycles. The van der Waals surface area contributed by atoms with Crippen molar-refractivity contribution in [3.05, 3.63) is 36.5 Å². The minimum Gasteiger partial charge on any atom is -0.463 e. The molecular weight excluding hydrogens is 379 g/mol. The van der Waals surface area contributed by atoms with Crippen LogP contribution >= 0.6 is 8.25 Å². The van der Waals surface area contributed by atoms with Crippen molar-refractivity contribution in [3.8, 4) is 0 Å². The summed E-state index contributed by atoms with van der Waals surface area (Å²) in [6, 6.07) is 0. The molecular formula is C21H36O6P+. The van der Waals surface area contributed by atoms with Gasteiger partial charge in [-0.1, -0.05) is 56.2 Å². The SMILES string of the molecule is CCCCCC=CCC=CCC=CCCCCC(=O)OCC(O)CO[P+](=O)O. The summed E-state index contributed by atoms with van der Waals surface area (Å²) >= 11 is 0. The molecule has 0 amide bonds. The zero-order valence-corrected chi connectivity index (χ0v) is 17.9. The molecule has 0 fully saturated rings. The summed E-state index contributed by atoms with van der Waals surface area (Å²) in [5.74, 6) is -0.387. The maximum atomic E-state index is 11.5. The van der Waals surface area contributed by atoms with Crippen molar-refractivity contribution in [1.82, 2.24) is 0 Å². The number of aliphatic hydroxyl groups is 1. The van der Waals surface area contributed by atoms with Crippen molar-refractivity contribution in [2.45, 2.75) is 77.2 Å². The summed E-state index contributed by atoms with van der Waals surface area (Å²) in [6.45, 7) is 1.64. The van der Waals surface area contributed by atoms with Gasteiger partial charge in [0.1, 0.15) is 19.3 Å². The van der Waals surface area contributed by atoms with Crippen molar-refractivity contribution in [2.75, 3.05) is 13.2 Å². The van der Waals surface area contributed by atoms with Gasteiger partial charge in [0, 0.05) is 11.0 Å². The lowest BCUT2D eigenvalue weighted by Gasteiger charge is -2.08. The molecule has 7 heteroatoms. The van der Waals surface area contributed by atoms with E-state index < -0.39 is 14.4 Å². The van der Waals surface area contributed by atoms with Crippen LogP contribution in [0.4, 0.5) is 0 Å². The third-order valence-electron chi connectivity index (χ3n) is 3.83. The molecule has 0 spiro atoms. The Balaban J connectivity index is 3.50. The molecule has 0 aromatic heterocycles. The molecule has 2 atom stereocenters. The molecule has 0 heterocycles. The molecule has 6 nitrogen and oxygen atoms in total. The average molecular weight is 415 g/mol. The lowest BCUT2D eigenvalue weighted by atomic mass is 10.1. The lowest BCUT2D eigenvalue weighted by Crippen LogP contribution is -2.22. The summed E-state index contributed by atoms with van der Waals surface area (Å²) in [5.41, 5.74) is 0. The number of carbonyl (C=O) groups is 1. The van der Waals surface area contributed by atoms with Crippen LogP contribution in [0.2, 0.25) is 0 Å². The zero-order chi connectivity index (χ0) is 20.9. The fourth-order valence-corrected chi connectivity index (χ4v) is 2.58. The van der Waals surface area contributed by atoms with Gasteiger partial charge >= 0.3 is 14.2 Å². The van der Waals surface area contributed by atoms with Gasteiger partial charge in [0.25, 0.3) is 0 Å². The average Bonchev–Trinajstić information content (AvgIpc) is 2.67. The van der Waals surface area contributed by atoms with Crippen LogP contribution in [0.3, 0.4) is 0 Å². The molecule has 0 aromatic carbocycles. The van der Waals surface area contributed by atoms with Crippen LogP contribution in [0.15, 0.2) is 36.5 Å². The highest BCUT2D eigenvalue weighted by Crippen LogP contribution is 2.14. The largest absolute Gasteiger partial charge is 0.694 e. The molecule has 2 N–H and O–H groups in total. The van der Waals surface area contributed by atoms with Crippen molar-refractivity contribution >= 4 is 14.2 Å². The number of hydrogen-bond donors (Lipinski definition) is 2. The van der Waals surface area contributed by atoms with Gasteiger partial charge in [-0.25, -0.2) is 0 Å². The highest BCUT2D eigenvalue weighted by molar-refractivity contribution is 7.32. The fourth-order valence-electron chi connectivity index (χ4n) is 2.28. The second-order valence-electron chi connectivity index (χ2n) is 6.50. The normalized spacial score (nSPS) is 13.6. The zero-order valence-electron chi connectivity index (χ0n) is 17.0. The monoisotopic (exact) mass is 415 g/mol. The van der Waals surface area contributed by atoms with Gasteiger partial charge in [0.2, 0.25) is 0 Å². The highest BCUT2D eigenvalue weighted by atomic mass is 31.1. The summed E-state index contributed by atoms with van der Waals surface area (Å²) in [4.78, 5) is 19.9.